The first kappa shape index (κ1) is 16.7. The van der Waals surface area contributed by atoms with E-state index < -0.39 is 15.6 Å². The summed E-state index contributed by atoms with van der Waals surface area (Å²) < 4.78 is 26.9. The van der Waals surface area contributed by atoms with E-state index in [0.717, 1.165) is 12.8 Å². The molecule has 1 aliphatic rings. The van der Waals surface area contributed by atoms with Crippen molar-refractivity contribution in [1.29, 1.82) is 0 Å². The van der Waals surface area contributed by atoms with E-state index in [1.165, 1.54) is 18.3 Å². The van der Waals surface area contributed by atoms with Crippen LogP contribution in [0.3, 0.4) is 0 Å². The number of hydrogen-bond donors (Lipinski definition) is 2. The lowest BCUT2D eigenvalue weighted by Gasteiger charge is -2.40. The van der Waals surface area contributed by atoms with E-state index in [1.54, 1.807) is 0 Å². The lowest BCUT2D eigenvalue weighted by Crippen LogP contribution is -2.46. The van der Waals surface area contributed by atoms with Gasteiger partial charge in [-0.1, -0.05) is 25.4 Å². The van der Waals surface area contributed by atoms with Gasteiger partial charge in [0.1, 0.15) is 10.0 Å². The van der Waals surface area contributed by atoms with Crippen LogP contribution in [-0.2, 0) is 10.0 Å². The highest BCUT2D eigenvalue weighted by atomic mass is 35.5. The molecule has 1 aliphatic carbocycles. The lowest BCUT2D eigenvalue weighted by molar-refractivity contribution is -0.0205. The van der Waals surface area contributed by atoms with Gasteiger partial charge in [0.15, 0.2) is 0 Å². The SMILES string of the molecule is CC1(C)CCC(O)(CNS(=O)(=O)c2cccnc2Cl)CC1. The zero-order valence-corrected chi connectivity index (χ0v) is 13.8. The quantitative estimate of drug-likeness (QED) is 0.829. The molecule has 2 N–H and O–H groups in total. The minimum absolute atomic E-state index is 0.00334. The van der Waals surface area contributed by atoms with Gasteiger partial charge in [-0.3, -0.25) is 0 Å². The summed E-state index contributed by atoms with van der Waals surface area (Å²) in [6.07, 6.45) is 4.35. The Morgan fingerprint density at radius 2 is 1.95 bits per heavy atom. The fraction of sp³-hybridized carbons (Fsp3) is 0.643. The van der Waals surface area contributed by atoms with Gasteiger partial charge in [-0.05, 0) is 43.2 Å². The molecule has 118 valence electrons. The van der Waals surface area contributed by atoms with Crippen LogP contribution >= 0.6 is 11.6 Å². The van der Waals surface area contributed by atoms with Crippen LogP contribution in [0.1, 0.15) is 39.5 Å². The van der Waals surface area contributed by atoms with Crippen LogP contribution < -0.4 is 4.72 Å². The molecule has 1 heterocycles. The minimum atomic E-state index is -3.76. The van der Waals surface area contributed by atoms with Crippen LogP contribution in [0.5, 0.6) is 0 Å². The molecule has 0 atom stereocenters. The number of rotatable bonds is 4. The van der Waals surface area contributed by atoms with Crippen molar-refractivity contribution in [2.75, 3.05) is 6.54 Å². The molecule has 7 heteroatoms. The molecule has 0 aromatic carbocycles. The molecule has 2 rings (SSSR count). The van der Waals surface area contributed by atoms with E-state index in [-0.39, 0.29) is 22.0 Å². The highest BCUT2D eigenvalue weighted by molar-refractivity contribution is 7.89. The number of aliphatic hydroxyl groups is 1. The van der Waals surface area contributed by atoms with Gasteiger partial charge >= 0.3 is 0 Å². The van der Waals surface area contributed by atoms with Gasteiger partial charge in [-0.2, -0.15) is 0 Å². The first-order valence-corrected chi connectivity index (χ1v) is 8.82. The maximum absolute atomic E-state index is 12.2. The zero-order valence-electron chi connectivity index (χ0n) is 12.3. The van der Waals surface area contributed by atoms with E-state index in [4.69, 9.17) is 11.6 Å². The Balaban J connectivity index is 2.04. The fourth-order valence-corrected chi connectivity index (χ4v) is 4.02. The van der Waals surface area contributed by atoms with Gasteiger partial charge in [0.25, 0.3) is 0 Å². The predicted molar refractivity (Wildman–Crippen MR) is 81.6 cm³/mol. The van der Waals surface area contributed by atoms with Crippen LogP contribution in [0.4, 0.5) is 0 Å². The number of sulfonamides is 1. The topological polar surface area (TPSA) is 79.3 Å². The summed E-state index contributed by atoms with van der Waals surface area (Å²) in [5.74, 6) is 0. The van der Waals surface area contributed by atoms with Crippen molar-refractivity contribution in [3.8, 4) is 0 Å². The second-order valence-electron chi connectivity index (χ2n) is 6.51. The second kappa shape index (κ2) is 5.83. The molecule has 1 fully saturated rings. The van der Waals surface area contributed by atoms with Crippen LogP contribution in [-0.4, -0.2) is 30.7 Å². The smallest absolute Gasteiger partial charge is 0.243 e. The van der Waals surface area contributed by atoms with E-state index in [2.05, 4.69) is 23.6 Å². The Hall–Kier alpha value is -0.690. The number of halogens is 1. The van der Waals surface area contributed by atoms with Crippen molar-refractivity contribution in [3.63, 3.8) is 0 Å². The second-order valence-corrected chi connectivity index (χ2v) is 8.60. The molecule has 21 heavy (non-hydrogen) atoms. The number of hydrogen-bond acceptors (Lipinski definition) is 4. The molecule has 0 saturated heterocycles. The first-order chi connectivity index (χ1) is 9.64. The van der Waals surface area contributed by atoms with Crippen molar-refractivity contribution in [2.45, 2.75) is 50.0 Å². The van der Waals surface area contributed by atoms with Gasteiger partial charge in [-0.15, -0.1) is 0 Å². The molecule has 0 amide bonds. The Bertz CT molecular complexity index is 606. The van der Waals surface area contributed by atoms with Crippen molar-refractivity contribution in [3.05, 3.63) is 23.5 Å². The highest BCUT2D eigenvalue weighted by Crippen LogP contribution is 2.40. The largest absolute Gasteiger partial charge is 0.389 e. The standard InChI is InChI=1S/C14H21ClN2O3S/c1-13(2)5-7-14(18,8-6-13)10-17-21(19,20)11-4-3-9-16-12(11)15/h3-4,9,17-18H,5-8,10H2,1-2H3. The van der Waals surface area contributed by atoms with Crippen molar-refractivity contribution in [1.82, 2.24) is 9.71 Å². The molecule has 1 aromatic heterocycles. The molecule has 0 bridgehead atoms. The van der Waals surface area contributed by atoms with Gasteiger partial charge in [0, 0.05) is 12.7 Å². The molecule has 1 aromatic rings. The Morgan fingerprint density at radius 3 is 2.52 bits per heavy atom. The maximum atomic E-state index is 12.2. The predicted octanol–water partition coefficient (Wildman–Crippen LogP) is 2.34. The van der Waals surface area contributed by atoms with E-state index >= 15 is 0 Å². The molecule has 0 unspecified atom stereocenters. The average molecular weight is 333 g/mol. The monoisotopic (exact) mass is 332 g/mol. The third-order valence-electron chi connectivity index (χ3n) is 4.14. The summed E-state index contributed by atoms with van der Waals surface area (Å²) in [6.45, 7) is 4.31. The summed E-state index contributed by atoms with van der Waals surface area (Å²) in [7, 11) is -3.76. The maximum Gasteiger partial charge on any atom is 0.243 e. The van der Waals surface area contributed by atoms with Gasteiger partial charge in [-0.25, -0.2) is 18.1 Å². The number of aromatic nitrogens is 1. The Labute approximate surface area is 130 Å². The zero-order chi connectivity index (χ0) is 15.7. The molecule has 0 radical (unpaired) electrons. The number of nitrogens with one attached hydrogen (secondary N) is 1. The summed E-state index contributed by atoms with van der Waals surface area (Å²) in [5, 5.41) is 10.4. The van der Waals surface area contributed by atoms with E-state index in [1.807, 2.05) is 0 Å². The third-order valence-corrected chi connectivity index (χ3v) is 5.99. The minimum Gasteiger partial charge on any atom is -0.389 e. The summed E-state index contributed by atoms with van der Waals surface area (Å²) in [5.41, 5.74) is -0.783. The number of pyridine rings is 1. The molecular weight excluding hydrogens is 312 g/mol. The van der Waals surface area contributed by atoms with Crippen LogP contribution in [0.15, 0.2) is 23.2 Å². The Morgan fingerprint density at radius 1 is 1.33 bits per heavy atom. The van der Waals surface area contributed by atoms with E-state index in [0.29, 0.717) is 12.8 Å². The van der Waals surface area contributed by atoms with Crippen LogP contribution in [0.25, 0.3) is 0 Å². The van der Waals surface area contributed by atoms with E-state index in [9.17, 15) is 13.5 Å². The van der Waals surface area contributed by atoms with Crippen molar-refractivity contribution < 1.29 is 13.5 Å². The van der Waals surface area contributed by atoms with Gasteiger partial charge in [0.2, 0.25) is 10.0 Å². The summed E-state index contributed by atoms with van der Waals surface area (Å²) in [4.78, 5) is 3.70. The lowest BCUT2D eigenvalue weighted by atomic mass is 9.71. The molecule has 5 nitrogen and oxygen atoms in total. The summed E-state index contributed by atoms with van der Waals surface area (Å²) >= 11 is 5.81. The van der Waals surface area contributed by atoms with Crippen LogP contribution in [0, 0.1) is 5.41 Å². The van der Waals surface area contributed by atoms with Crippen molar-refractivity contribution in [2.24, 2.45) is 5.41 Å². The molecule has 0 spiro atoms. The van der Waals surface area contributed by atoms with Crippen molar-refractivity contribution >= 4 is 21.6 Å². The van der Waals surface area contributed by atoms with Gasteiger partial charge < -0.3 is 5.11 Å². The fourth-order valence-electron chi connectivity index (χ4n) is 2.45. The third kappa shape index (κ3) is 4.16. The molecule has 0 aliphatic heterocycles. The van der Waals surface area contributed by atoms with Gasteiger partial charge in [0.05, 0.1) is 5.60 Å². The summed E-state index contributed by atoms with van der Waals surface area (Å²) in [6, 6.07) is 2.91. The highest BCUT2D eigenvalue weighted by Gasteiger charge is 2.37. The Kier molecular flexibility index (Phi) is 4.63. The normalized spacial score (nSPS) is 21.1. The molecule has 1 saturated carbocycles. The average Bonchev–Trinajstić information content (AvgIpc) is 2.41. The van der Waals surface area contributed by atoms with Crippen LogP contribution in [0.2, 0.25) is 5.15 Å². The molecular formula is C14H21ClN2O3S. The number of nitrogens with zero attached hydrogens (tertiary/aromatic N) is 1. The first-order valence-electron chi connectivity index (χ1n) is 6.96.